The molecule has 0 aliphatic carbocycles. The molecule has 0 saturated carbocycles. The van der Waals surface area contributed by atoms with E-state index >= 15 is 0 Å². The molecule has 0 aromatic carbocycles. The topological polar surface area (TPSA) is 32.3 Å². The Morgan fingerprint density at radius 2 is 2.12 bits per heavy atom. The van der Waals surface area contributed by atoms with Crippen molar-refractivity contribution in [2.45, 2.75) is 71.9 Å². The van der Waals surface area contributed by atoms with Gasteiger partial charge in [0.2, 0.25) is 5.91 Å². The molecule has 0 aromatic heterocycles. The second-order valence-corrected chi connectivity index (χ2v) is 5.46. The second kappa shape index (κ2) is 7.00. The summed E-state index contributed by atoms with van der Waals surface area (Å²) in [5.41, 5.74) is 0. The minimum absolute atomic E-state index is 0.0781. The van der Waals surface area contributed by atoms with Gasteiger partial charge in [0.1, 0.15) is 0 Å². The zero-order chi connectivity index (χ0) is 12.8. The third-order valence-electron chi connectivity index (χ3n) is 3.91. The van der Waals surface area contributed by atoms with Crippen LogP contribution in [0, 0.1) is 5.92 Å². The van der Waals surface area contributed by atoms with Crippen LogP contribution in [-0.4, -0.2) is 29.6 Å². The summed E-state index contributed by atoms with van der Waals surface area (Å²) in [4.78, 5) is 14.2. The van der Waals surface area contributed by atoms with E-state index in [0.29, 0.717) is 17.9 Å². The van der Waals surface area contributed by atoms with Crippen LogP contribution in [-0.2, 0) is 4.79 Å². The number of hydrogen-bond acceptors (Lipinski definition) is 2. The van der Waals surface area contributed by atoms with Crippen LogP contribution < -0.4 is 5.32 Å². The minimum Gasteiger partial charge on any atom is -0.326 e. The molecule has 1 aliphatic heterocycles. The van der Waals surface area contributed by atoms with E-state index in [1.54, 1.807) is 0 Å². The number of unbranched alkanes of at least 4 members (excludes halogenated alkanes) is 1. The Hall–Kier alpha value is -0.570. The molecule has 1 aliphatic rings. The normalized spacial score (nSPS) is 24.1. The molecule has 3 nitrogen and oxygen atoms in total. The van der Waals surface area contributed by atoms with Crippen molar-refractivity contribution < 1.29 is 4.79 Å². The Balaban J connectivity index is 2.43. The lowest BCUT2D eigenvalue weighted by Gasteiger charge is -2.26. The highest BCUT2D eigenvalue weighted by Gasteiger charge is 2.33. The molecule has 1 rings (SSSR count). The first-order chi connectivity index (χ1) is 8.10. The Morgan fingerprint density at radius 3 is 2.71 bits per heavy atom. The number of hydrogen-bond donors (Lipinski definition) is 1. The maximum atomic E-state index is 12.2. The molecular weight excluding hydrogens is 212 g/mol. The standard InChI is InChI=1S/C14H28N2O/c1-5-7-8-13-14(17)16(10-15-13)12(4)9-11(3)6-2/h11-13,15H,5-10H2,1-4H3. The van der Waals surface area contributed by atoms with Crippen molar-refractivity contribution in [1.82, 2.24) is 10.2 Å². The van der Waals surface area contributed by atoms with Crippen molar-refractivity contribution in [2.75, 3.05) is 6.67 Å². The van der Waals surface area contributed by atoms with Gasteiger partial charge in [-0.25, -0.2) is 0 Å². The van der Waals surface area contributed by atoms with E-state index in [4.69, 9.17) is 0 Å². The quantitative estimate of drug-likeness (QED) is 0.742. The van der Waals surface area contributed by atoms with Crippen LogP contribution in [0.2, 0.25) is 0 Å². The van der Waals surface area contributed by atoms with Gasteiger partial charge in [0.05, 0.1) is 12.7 Å². The summed E-state index contributed by atoms with van der Waals surface area (Å²) in [5, 5.41) is 3.34. The lowest BCUT2D eigenvalue weighted by atomic mass is 9.99. The predicted molar refractivity (Wildman–Crippen MR) is 71.7 cm³/mol. The Labute approximate surface area is 106 Å². The number of carbonyl (C=O) groups excluding carboxylic acids is 1. The van der Waals surface area contributed by atoms with Gasteiger partial charge in [0.15, 0.2) is 0 Å². The van der Waals surface area contributed by atoms with E-state index in [-0.39, 0.29) is 6.04 Å². The van der Waals surface area contributed by atoms with Gasteiger partial charge in [-0.2, -0.15) is 0 Å². The van der Waals surface area contributed by atoms with E-state index in [9.17, 15) is 4.79 Å². The molecule has 1 N–H and O–H groups in total. The Morgan fingerprint density at radius 1 is 1.41 bits per heavy atom. The smallest absolute Gasteiger partial charge is 0.241 e. The van der Waals surface area contributed by atoms with Gasteiger partial charge in [-0.1, -0.05) is 40.0 Å². The third-order valence-corrected chi connectivity index (χ3v) is 3.91. The van der Waals surface area contributed by atoms with Gasteiger partial charge in [-0.05, 0) is 25.7 Å². The number of carbonyl (C=O) groups is 1. The molecule has 0 bridgehead atoms. The van der Waals surface area contributed by atoms with Crippen LogP contribution in [0.1, 0.15) is 59.8 Å². The summed E-state index contributed by atoms with van der Waals surface area (Å²) in [6.07, 6.45) is 5.59. The second-order valence-electron chi connectivity index (χ2n) is 5.46. The largest absolute Gasteiger partial charge is 0.326 e. The monoisotopic (exact) mass is 240 g/mol. The van der Waals surface area contributed by atoms with Gasteiger partial charge in [-0.3, -0.25) is 10.1 Å². The van der Waals surface area contributed by atoms with Crippen molar-refractivity contribution in [2.24, 2.45) is 5.92 Å². The lowest BCUT2D eigenvalue weighted by Crippen LogP contribution is -2.37. The number of rotatable bonds is 7. The average Bonchev–Trinajstić information content (AvgIpc) is 2.67. The van der Waals surface area contributed by atoms with Gasteiger partial charge >= 0.3 is 0 Å². The molecule has 100 valence electrons. The summed E-state index contributed by atoms with van der Waals surface area (Å²) in [5.74, 6) is 1.02. The van der Waals surface area contributed by atoms with Crippen molar-refractivity contribution in [3.63, 3.8) is 0 Å². The first-order valence-electron chi connectivity index (χ1n) is 7.13. The zero-order valence-corrected chi connectivity index (χ0v) is 11.8. The fraction of sp³-hybridized carbons (Fsp3) is 0.929. The zero-order valence-electron chi connectivity index (χ0n) is 11.8. The van der Waals surface area contributed by atoms with Crippen LogP contribution in [0.25, 0.3) is 0 Å². The van der Waals surface area contributed by atoms with Crippen molar-refractivity contribution >= 4 is 5.91 Å². The molecular formula is C14H28N2O. The molecule has 0 spiro atoms. The highest BCUT2D eigenvalue weighted by atomic mass is 16.2. The van der Waals surface area contributed by atoms with Gasteiger partial charge in [-0.15, -0.1) is 0 Å². The molecule has 1 heterocycles. The Bertz CT molecular complexity index is 242. The van der Waals surface area contributed by atoms with E-state index in [0.717, 1.165) is 32.4 Å². The molecule has 3 heteroatoms. The third kappa shape index (κ3) is 3.98. The number of amides is 1. The highest BCUT2D eigenvalue weighted by Crippen LogP contribution is 2.19. The molecule has 17 heavy (non-hydrogen) atoms. The van der Waals surface area contributed by atoms with Crippen LogP contribution in [0.3, 0.4) is 0 Å². The van der Waals surface area contributed by atoms with Crippen LogP contribution in [0.5, 0.6) is 0 Å². The van der Waals surface area contributed by atoms with Crippen LogP contribution in [0.4, 0.5) is 0 Å². The maximum absolute atomic E-state index is 12.2. The number of nitrogens with zero attached hydrogens (tertiary/aromatic N) is 1. The van der Waals surface area contributed by atoms with E-state index in [1.165, 1.54) is 6.42 Å². The van der Waals surface area contributed by atoms with E-state index in [2.05, 4.69) is 33.0 Å². The molecule has 0 radical (unpaired) electrons. The summed E-state index contributed by atoms with van der Waals surface area (Å²) < 4.78 is 0. The first kappa shape index (κ1) is 14.5. The van der Waals surface area contributed by atoms with Gasteiger partial charge in [0.25, 0.3) is 0 Å². The van der Waals surface area contributed by atoms with E-state index < -0.39 is 0 Å². The van der Waals surface area contributed by atoms with Crippen LogP contribution in [0.15, 0.2) is 0 Å². The van der Waals surface area contributed by atoms with Crippen molar-refractivity contribution in [3.05, 3.63) is 0 Å². The average molecular weight is 240 g/mol. The minimum atomic E-state index is 0.0781. The first-order valence-corrected chi connectivity index (χ1v) is 7.13. The van der Waals surface area contributed by atoms with E-state index in [1.807, 2.05) is 4.90 Å². The Kier molecular flexibility index (Phi) is 5.96. The maximum Gasteiger partial charge on any atom is 0.241 e. The predicted octanol–water partition coefficient (Wildman–Crippen LogP) is 2.76. The van der Waals surface area contributed by atoms with Crippen LogP contribution >= 0.6 is 0 Å². The summed E-state index contributed by atoms with van der Waals surface area (Å²) in [6.45, 7) is 9.56. The molecule has 1 amide bonds. The summed E-state index contributed by atoms with van der Waals surface area (Å²) in [6, 6.07) is 0.450. The highest BCUT2D eigenvalue weighted by molar-refractivity contribution is 5.84. The molecule has 1 fully saturated rings. The molecule has 0 aromatic rings. The fourth-order valence-corrected chi connectivity index (χ4v) is 2.46. The molecule has 3 atom stereocenters. The lowest BCUT2D eigenvalue weighted by molar-refractivity contribution is -0.130. The SMILES string of the molecule is CCCCC1NCN(C(C)CC(C)CC)C1=O. The summed E-state index contributed by atoms with van der Waals surface area (Å²) >= 11 is 0. The number of nitrogens with one attached hydrogen (secondary N) is 1. The van der Waals surface area contributed by atoms with Gasteiger partial charge in [0, 0.05) is 6.04 Å². The molecule has 3 unspecified atom stereocenters. The fourth-order valence-electron chi connectivity index (χ4n) is 2.46. The van der Waals surface area contributed by atoms with Crippen molar-refractivity contribution in [3.8, 4) is 0 Å². The molecule has 1 saturated heterocycles. The summed E-state index contributed by atoms with van der Waals surface area (Å²) in [7, 11) is 0. The van der Waals surface area contributed by atoms with Crippen molar-refractivity contribution in [1.29, 1.82) is 0 Å². The van der Waals surface area contributed by atoms with Gasteiger partial charge < -0.3 is 4.90 Å².